The third-order valence-electron chi connectivity index (χ3n) is 5.32. The van der Waals surface area contributed by atoms with Gasteiger partial charge >= 0.3 is 0 Å². The van der Waals surface area contributed by atoms with Crippen molar-refractivity contribution in [1.29, 1.82) is 0 Å². The van der Waals surface area contributed by atoms with E-state index in [0.717, 1.165) is 44.0 Å². The maximum absolute atomic E-state index is 12.8. The molecule has 1 saturated heterocycles. The van der Waals surface area contributed by atoms with Gasteiger partial charge in [-0.3, -0.25) is 9.69 Å². The fourth-order valence-electron chi connectivity index (χ4n) is 3.61. The maximum atomic E-state index is 12.8. The largest absolute Gasteiger partial charge is 0.493 e. The molecule has 0 aromatic heterocycles. The SMILES string of the molecule is COc1cc(/C=C/C(=O)NC(CN2CCOCC2)c2ccc(C)cc2)ccc1OC(C)C. The first kappa shape index (κ1) is 23.8. The summed E-state index contributed by atoms with van der Waals surface area (Å²) in [6.07, 6.45) is 3.41. The van der Waals surface area contributed by atoms with Crippen LogP contribution in [0.15, 0.2) is 48.5 Å². The summed E-state index contributed by atoms with van der Waals surface area (Å²) < 4.78 is 16.7. The minimum Gasteiger partial charge on any atom is -0.493 e. The number of rotatable bonds is 9. The maximum Gasteiger partial charge on any atom is 0.244 e. The quantitative estimate of drug-likeness (QED) is 0.600. The van der Waals surface area contributed by atoms with Gasteiger partial charge in [0.15, 0.2) is 11.5 Å². The molecule has 3 rings (SSSR count). The number of nitrogens with zero attached hydrogens (tertiary/aromatic N) is 1. The summed E-state index contributed by atoms with van der Waals surface area (Å²) in [6.45, 7) is 9.96. The van der Waals surface area contributed by atoms with Gasteiger partial charge in [0.2, 0.25) is 5.91 Å². The van der Waals surface area contributed by atoms with E-state index in [4.69, 9.17) is 14.2 Å². The number of nitrogens with one attached hydrogen (secondary N) is 1. The number of benzene rings is 2. The second-order valence-corrected chi connectivity index (χ2v) is 8.30. The van der Waals surface area contributed by atoms with Gasteiger partial charge in [0, 0.05) is 25.7 Å². The van der Waals surface area contributed by atoms with E-state index in [1.165, 1.54) is 5.56 Å². The zero-order valence-electron chi connectivity index (χ0n) is 19.5. The van der Waals surface area contributed by atoms with E-state index in [-0.39, 0.29) is 18.1 Å². The standard InChI is InChI=1S/C26H34N2O4/c1-19(2)32-24-11-7-21(17-25(24)30-4)8-12-26(29)27-23(18-28-13-15-31-16-14-28)22-9-5-20(3)6-10-22/h5-12,17,19,23H,13-16,18H2,1-4H3,(H,27,29)/b12-8+. The number of amides is 1. The summed E-state index contributed by atoms with van der Waals surface area (Å²) in [4.78, 5) is 15.1. The Morgan fingerprint density at radius 1 is 1.12 bits per heavy atom. The highest BCUT2D eigenvalue weighted by Gasteiger charge is 2.19. The monoisotopic (exact) mass is 438 g/mol. The number of aryl methyl sites for hydroxylation is 1. The molecule has 1 aliphatic rings. The molecule has 172 valence electrons. The molecule has 1 atom stereocenters. The minimum absolute atomic E-state index is 0.0567. The molecule has 32 heavy (non-hydrogen) atoms. The zero-order valence-corrected chi connectivity index (χ0v) is 19.5. The predicted molar refractivity (Wildman–Crippen MR) is 127 cm³/mol. The van der Waals surface area contributed by atoms with Crippen LogP contribution >= 0.6 is 0 Å². The van der Waals surface area contributed by atoms with Gasteiger partial charge < -0.3 is 19.5 Å². The van der Waals surface area contributed by atoms with Gasteiger partial charge in [-0.05, 0) is 50.1 Å². The molecule has 1 heterocycles. The number of methoxy groups -OCH3 is 1. The molecule has 1 unspecified atom stereocenters. The first-order chi connectivity index (χ1) is 15.4. The van der Waals surface area contributed by atoms with Crippen LogP contribution in [0.4, 0.5) is 0 Å². The number of hydrogen-bond donors (Lipinski definition) is 1. The smallest absolute Gasteiger partial charge is 0.244 e. The molecule has 0 saturated carbocycles. The van der Waals surface area contributed by atoms with Crippen LogP contribution in [0.25, 0.3) is 6.08 Å². The van der Waals surface area contributed by atoms with Crippen LogP contribution in [0, 0.1) is 6.92 Å². The molecule has 1 fully saturated rings. The molecule has 2 aromatic rings. The fraction of sp³-hybridized carbons (Fsp3) is 0.423. The highest BCUT2D eigenvalue weighted by molar-refractivity contribution is 5.92. The summed E-state index contributed by atoms with van der Waals surface area (Å²) in [7, 11) is 1.61. The third-order valence-corrected chi connectivity index (χ3v) is 5.32. The lowest BCUT2D eigenvalue weighted by Gasteiger charge is -2.31. The number of morpholine rings is 1. The average molecular weight is 439 g/mol. The van der Waals surface area contributed by atoms with E-state index < -0.39 is 0 Å². The van der Waals surface area contributed by atoms with Crippen LogP contribution < -0.4 is 14.8 Å². The lowest BCUT2D eigenvalue weighted by molar-refractivity contribution is -0.117. The Hall–Kier alpha value is -2.83. The molecular formula is C26H34N2O4. The van der Waals surface area contributed by atoms with Gasteiger partial charge in [0.25, 0.3) is 0 Å². The van der Waals surface area contributed by atoms with Crippen LogP contribution in [0.1, 0.15) is 36.6 Å². The van der Waals surface area contributed by atoms with E-state index in [2.05, 4.69) is 41.4 Å². The Morgan fingerprint density at radius 2 is 1.84 bits per heavy atom. The van der Waals surface area contributed by atoms with Crippen molar-refractivity contribution in [1.82, 2.24) is 10.2 Å². The first-order valence-electron chi connectivity index (χ1n) is 11.1. The molecule has 0 aliphatic carbocycles. The lowest BCUT2D eigenvalue weighted by atomic mass is 10.0. The van der Waals surface area contributed by atoms with E-state index in [0.29, 0.717) is 11.5 Å². The van der Waals surface area contributed by atoms with Crippen molar-refractivity contribution >= 4 is 12.0 Å². The molecule has 1 amide bonds. The van der Waals surface area contributed by atoms with E-state index >= 15 is 0 Å². The Kier molecular flexibility index (Phi) is 8.71. The number of carbonyl (C=O) groups is 1. The topological polar surface area (TPSA) is 60.0 Å². The number of carbonyl (C=O) groups excluding carboxylic acids is 1. The van der Waals surface area contributed by atoms with Gasteiger partial charge in [-0.1, -0.05) is 35.9 Å². The van der Waals surface area contributed by atoms with Gasteiger partial charge in [-0.25, -0.2) is 0 Å². The normalized spacial score (nSPS) is 15.7. The van der Waals surface area contributed by atoms with E-state index in [9.17, 15) is 4.79 Å². The predicted octanol–water partition coefficient (Wildman–Crippen LogP) is 3.99. The molecule has 1 aliphatic heterocycles. The second-order valence-electron chi connectivity index (χ2n) is 8.30. The molecular weight excluding hydrogens is 404 g/mol. The Balaban J connectivity index is 1.69. The Labute approximate surface area is 191 Å². The third kappa shape index (κ3) is 7.11. The molecule has 1 N–H and O–H groups in total. The molecule has 2 aromatic carbocycles. The molecule has 6 heteroatoms. The van der Waals surface area contributed by atoms with E-state index in [1.807, 2.05) is 32.0 Å². The van der Waals surface area contributed by atoms with Crippen molar-refractivity contribution in [3.63, 3.8) is 0 Å². The van der Waals surface area contributed by atoms with Gasteiger partial charge in [0.1, 0.15) is 0 Å². The van der Waals surface area contributed by atoms with Gasteiger partial charge in [-0.2, -0.15) is 0 Å². The van der Waals surface area contributed by atoms with Crippen molar-refractivity contribution in [2.75, 3.05) is 40.0 Å². The second kappa shape index (κ2) is 11.7. The van der Waals surface area contributed by atoms with Crippen molar-refractivity contribution in [2.45, 2.75) is 32.9 Å². The van der Waals surface area contributed by atoms with Crippen molar-refractivity contribution in [3.8, 4) is 11.5 Å². The summed E-state index contributed by atoms with van der Waals surface area (Å²) >= 11 is 0. The van der Waals surface area contributed by atoms with Gasteiger partial charge in [-0.15, -0.1) is 0 Å². The average Bonchev–Trinajstić information content (AvgIpc) is 2.79. The van der Waals surface area contributed by atoms with E-state index in [1.54, 1.807) is 19.3 Å². The fourth-order valence-corrected chi connectivity index (χ4v) is 3.61. The molecule has 0 radical (unpaired) electrons. The van der Waals surface area contributed by atoms with Crippen molar-refractivity contribution in [2.24, 2.45) is 0 Å². The number of ether oxygens (including phenoxy) is 3. The highest BCUT2D eigenvalue weighted by atomic mass is 16.5. The summed E-state index contributed by atoms with van der Waals surface area (Å²) in [6, 6.07) is 13.9. The van der Waals surface area contributed by atoms with Crippen LogP contribution in [0.2, 0.25) is 0 Å². The molecule has 0 bridgehead atoms. The molecule has 6 nitrogen and oxygen atoms in total. The zero-order chi connectivity index (χ0) is 22.9. The molecule has 0 spiro atoms. The summed E-state index contributed by atoms with van der Waals surface area (Å²) in [5.41, 5.74) is 3.16. The van der Waals surface area contributed by atoms with Gasteiger partial charge in [0.05, 0.1) is 32.5 Å². The minimum atomic E-state index is -0.134. The summed E-state index contributed by atoms with van der Waals surface area (Å²) in [5, 5.41) is 3.17. The Morgan fingerprint density at radius 3 is 2.50 bits per heavy atom. The summed E-state index contributed by atoms with van der Waals surface area (Å²) in [5.74, 6) is 1.20. The van der Waals surface area contributed by atoms with Crippen LogP contribution in [-0.2, 0) is 9.53 Å². The van der Waals surface area contributed by atoms with Crippen molar-refractivity contribution < 1.29 is 19.0 Å². The van der Waals surface area contributed by atoms with Crippen LogP contribution in [-0.4, -0.2) is 56.9 Å². The first-order valence-corrected chi connectivity index (χ1v) is 11.1. The Bertz CT molecular complexity index is 903. The lowest BCUT2D eigenvalue weighted by Crippen LogP contribution is -2.42. The van der Waals surface area contributed by atoms with Crippen LogP contribution in [0.5, 0.6) is 11.5 Å². The van der Waals surface area contributed by atoms with Crippen LogP contribution in [0.3, 0.4) is 0 Å². The highest BCUT2D eigenvalue weighted by Crippen LogP contribution is 2.29. The van der Waals surface area contributed by atoms with Crippen molar-refractivity contribution in [3.05, 3.63) is 65.2 Å². The number of hydrogen-bond acceptors (Lipinski definition) is 5.